The Bertz CT molecular complexity index is 992. The number of anilines is 2. The third-order valence-electron chi connectivity index (χ3n) is 3.47. The first-order valence-electron chi connectivity index (χ1n) is 8.30. The molecule has 1 N–H and O–H groups in total. The van der Waals surface area contributed by atoms with Crippen molar-refractivity contribution in [2.45, 2.75) is 17.2 Å². The highest BCUT2D eigenvalue weighted by atomic mass is 32.2. The molecule has 0 aliphatic carbocycles. The molecule has 0 spiro atoms. The predicted molar refractivity (Wildman–Crippen MR) is 114 cm³/mol. The molecule has 1 aromatic heterocycles. The number of rotatable bonds is 11. The third-order valence-corrected chi connectivity index (χ3v) is 6.63. The van der Waals surface area contributed by atoms with Gasteiger partial charge in [0.1, 0.15) is 0 Å². The van der Waals surface area contributed by atoms with Gasteiger partial charge in [0, 0.05) is 30.9 Å². The summed E-state index contributed by atoms with van der Waals surface area (Å²) >= 11 is 2.69. The van der Waals surface area contributed by atoms with Gasteiger partial charge in [0.05, 0.1) is 16.9 Å². The number of carbonyl (C=O) groups excluding carboxylic acids is 1. The maximum Gasteiger partial charge on any atom is 0.271 e. The minimum absolute atomic E-state index is 0.00395. The maximum absolute atomic E-state index is 12.1. The lowest BCUT2D eigenvalue weighted by atomic mass is 10.2. The van der Waals surface area contributed by atoms with Gasteiger partial charge in [0.25, 0.3) is 5.69 Å². The maximum atomic E-state index is 12.1. The van der Waals surface area contributed by atoms with E-state index < -0.39 is 14.9 Å². The van der Waals surface area contributed by atoms with Crippen LogP contribution in [0.4, 0.5) is 16.5 Å². The molecule has 0 aliphatic rings. The zero-order valence-electron chi connectivity index (χ0n) is 15.5. The van der Waals surface area contributed by atoms with Crippen LogP contribution >= 0.6 is 23.1 Å². The zero-order valence-corrected chi connectivity index (χ0v) is 17.9. The van der Waals surface area contributed by atoms with E-state index >= 15 is 0 Å². The van der Waals surface area contributed by atoms with Crippen molar-refractivity contribution >= 4 is 55.5 Å². The average Bonchev–Trinajstić information content (AvgIpc) is 3.09. The molecule has 1 heterocycles. The Morgan fingerprint density at radius 2 is 2.21 bits per heavy atom. The van der Waals surface area contributed by atoms with Gasteiger partial charge in [0.15, 0.2) is 4.34 Å². The molecule has 0 atom stereocenters. The second-order valence-corrected chi connectivity index (χ2v) is 9.89. The number of non-ortho nitro benzene ring substituents is 1. The van der Waals surface area contributed by atoms with E-state index in [-0.39, 0.29) is 36.7 Å². The molecule has 0 unspecified atom stereocenters. The lowest BCUT2D eigenvalue weighted by molar-refractivity contribution is -0.384. The highest BCUT2D eigenvalue weighted by Gasteiger charge is 2.20. The van der Waals surface area contributed by atoms with Crippen LogP contribution in [0, 0.1) is 10.1 Å². The van der Waals surface area contributed by atoms with Gasteiger partial charge in [-0.25, -0.2) is 8.42 Å². The minimum atomic E-state index is -3.67. The summed E-state index contributed by atoms with van der Waals surface area (Å²) in [6.45, 7) is 3.62. The number of nitrogens with zero attached hydrogens (tertiary/aromatic N) is 4. The standard InChI is InChI=1S/C16H19N5O5S3/c1-3-10-27-16-19-18-15(28-16)17-14(22)8-5-9-20(29(2,25)26)12-6-4-7-13(11-12)21(23)24/h3-4,6-7,11H,1,5,8-10H2,2H3,(H,17,18,22). The summed E-state index contributed by atoms with van der Waals surface area (Å²) in [5, 5.41) is 21.7. The Morgan fingerprint density at radius 1 is 1.45 bits per heavy atom. The van der Waals surface area contributed by atoms with Crippen molar-refractivity contribution in [3.63, 3.8) is 0 Å². The van der Waals surface area contributed by atoms with Crippen LogP contribution in [-0.2, 0) is 14.8 Å². The van der Waals surface area contributed by atoms with Crippen LogP contribution in [0.15, 0.2) is 41.3 Å². The van der Waals surface area contributed by atoms with Gasteiger partial charge < -0.3 is 5.32 Å². The van der Waals surface area contributed by atoms with Gasteiger partial charge in [-0.3, -0.25) is 19.2 Å². The molecule has 0 saturated carbocycles. The Morgan fingerprint density at radius 3 is 2.86 bits per heavy atom. The van der Waals surface area contributed by atoms with Crippen LogP contribution in [0.3, 0.4) is 0 Å². The third kappa shape index (κ3) is 7.11. The monoisotopic (exact) mass is 457 g/mol. The van der Waals surface area contributed by atoms with Crippen LogP contribution in [0.2, 0.25) is 0 Å². The Kier molecular flexibility index (Phi) is 8.10. The summed E-state index contributed by atoms with van der Waals surface area (Å²) in [6.07, 6.45) is 3.02. The summed E-state index contributed by atoms with van der Waals surface area (Å²) < 4.78 is 25.9. The number of carbonyl (C=O) groups is 1. The average molecular weight is 458 g/mol. The van der Waals surface area contributed by atoms with Crippen LogP contribution in [0.1, 0.15) is 12.8 Å². The lowest BCUT2D eigenvalue weighted by Gasteiger charge is -2.22. The first kappa shape index (κ1) is 22.8. The number of benzene rings is 1. The Labute approximate surface area is 176 Å². The fourth-order valence-electron chi connectivity index (χ4n) is 2.26. The number of sulfonamides is 1. The van der Waals surface area contributed by atoms with Gasteiger partial charge in [0.2, 0.25) is 21.1 Å². The Balaban J connectivity index is 1.95. The largest absolute Gasteiger partial charge is 0.301 e. The molecule has 0 aliphatic heterocycles. The molecule has 10 nitrogen and oxygen atoms in total. The molecule has 0 radical (unpaired) electrons. The fraction of sp³-hybridized carbons (Fsp3) is 0.312. The number of nitro groups is 1. The van der Waals surface area contributed by atoms with Gasteiger partial charge in [-0.2, -0.15) is 0 Å². The number of hydrogen-bond donors (Lipinski definition) is 1. The van der Waals surface area contributed by atoms with E-state index in [1.165, 1.54) is 47.4 Å². The van der Waals surface area contributed by atoms with Crippen molar-refractivity contribution in [2.24, 2.45) is 0 Å². The molecule has 13 heteroatoms. The quantitative estimate of drug-likeness (QED) is 0.179. The van der Waals surface area contributed by atoms with Crippen molar-refractivity contribution in [2.75, 3.05) is 28.2 Å². The van der Waals surface area contributed by atoms with Crippen LogP contribution < -0.4 is 9.62 Å². The number of aromatic nitrogens is 2. The Hall–Kier alpha value is -2.51. The minimum Gasteiger partial charge on any atom is -0.301 e. The molecular weight excluding hydrogens is 438 g/mol. The molecule has 1 amide bonds. The van der Waals surface area contributed by atoms with Crippen LogP contribution in [-0.4, -0.2) is 48.0 Å². The second-order valence-electron chi connectivity index (χ2n) is 5.74. The molecule has 2 rings (SSSR count). The fourth-order valence-corrected chi connectivity index (χ4v) is 4.75. The van der Waals surface area contributed by atoms with Crippen molar-refractivity contribution < 1.29 is 18.1 Å². The normalized spacial score (nSPS) is 11.1. The van der Waals surface area contributed by atoms with Crippen molar-refractivity contribution in [1.82, 2.24) is 10.2 Å². The molecule has 0 saturated heterocycles. The summed E-state index contributed by atoms with van der Waals surface area (Å²) in [7, 11) is -3.67. The van der Waals surface area contributed by atoms with Gasteiger partial charge in [-0.05, 0) is 12.5 Å². The lowest BCUT2D eigenvalue weighted by Crippen LogP contribution is -2.31. The first-order valence-corrected chi connectivity index (χ1v) is 11.9. The highest BCUT2D eigenvalue weighted by Crippen LogP contribution is 2.26. The second kappa shape index (κ2) is 10.3. The number of nitro benzene ring substituents is 1. The van der Waals surface area contributed by atoms with Crippen LogP contribution in [0.5, 0.6) is 0 Å². The van der Waals surface area contributed by atoms with Crippen molar-refractivity contribution in [1.29, 1.82) is 0 Å². The highest BCUT2D eigenvalue weighted by molar-refractivity contribution is 8.01. The summed E-state index contributed by atoms with van der Waals surface area (Å²) in [5.41, 5.74) is -0.0367. The number of hydrogen-bond acceptors (Lipinski definition) is 9. The number of amides is 1. The summed E-state index contributed by atoms with van der Waals surface area (Å²) in [6, 6.07) is 5.35. The van der Waals surface area contributed by atoms with Crippen molar-refractivity contribution in [3.8, 4) is 0 Å². The smallest absolute Gasteiger partial charge is 0.271 e. The van der Waals surface area contributed by atoms with Gasteiger partial charge in [-0.1, -0.05) is 35.2 Å². The van der Waals surface area contributed by atoms with Gasteiger partial charge in [-0.15, -0.1) is 16.8 Å². The SMILES string of the molecule is C=CCSc1nnc(NC(=O)CCCN(c2cccc([N+](=O)[O-])c2)S(C)(=O)=O)s1. The molecular formula is C16H19N5O5S3. The number of nitrogens with one attached hydrogen (secondary N) is 1. The zero-order chi connectivity index (χ0) is 21.4. The van der Waals surface area contributed by atoms with Gasteiger partial charge >= 0.3 is 0 Å². The van der Waals surface area contributed by atoms with Crippen LogP contribution in [0.25, 0.3) is 0 Å². The summed E-state index contributed by atoms with van der Waals surface area (Å²) in [5.74, 6) is 0.357. The van der Waals surface area contributed by atoms with E-state index in [1.807, 2.05) is 0 Å². The van der Waals surface area contributed by atoms with E-state index in [0.717, 1.165) is 10.6 Å². The van der Waals surface area contributed by atoms with E-state index in [9.17, 15) is 23.3 Å². The first-order chi connectivity index (χ1) is 13.7. The summed E-state index contributed by atoms with van der Waals surface area (Å²) in [4.78, 5) is 22.4. The van der Waals surface area contributed by atoms with E-state index in [4.69, 9.17) is 0 Å². The van der Waals surface area contributed by atoms with E-state index in [1.54, 1.807) is 6.08 Å². The molecule has 29 heavy (non-hydrogen) atoms. The predicted octanol–water partition coefficient (Wildman–Crippen LogP) is 2.91. The molecule has 0 fully saturated rings. The van der Waals surface area contributed by atoms with E-state index in [2.05, 4.69) is 22.1 Å². The molecule has 0 bridgehead atoms. The van der Waals surface area contributed by atoms with E-state index in [0.29, 0.717) is 15.2 Å². The number of thioether (sulfide) groups is 1. The molecule has 1 aromatic carbocycles. The molecule has 2 aromatic rings. The molecule has 156 valence electrons. The van der Waals surface area contributed by atoms with Crippen molar-refractivity contribution in [3.05, 3.63) is 47.0 Å². The topological polar surface area (TPSA) is 135 Å².